The second-order valence-corrected chi connectivity index (χ2v) is 8.12. The molecule has 0 spiro atoms. The van der Waals surface area contributed by atoms with E-state index in [-0.39, 0.29) is 6.04 Å². The summed E-state index contributed by atoms with van der Waals surface area (Å²) < 4.78 is 27.0. The molecule has 0 saturated heterocycles. The Labute approximate surface area is 133 Å². The molecule has 6 heteroatoms. The van der Waals surface area contributed by atoms with E-state index in [4.69, 9.17) is 0 Å². The Morgan fingerprint density at radius 2 is 1.81 bits per heavy atom. The van der Waals surface area contributed by atoms with E-state index >= 15 is 0 Å². The molecule has 0 heterocycles. The predicted molar refractivity (Wildman–Crippen MR) is 91.3 cm³/mol. The summed E-state index contributed by atoms with van der Waals surface area (Å²) in [5.41, 5.74) is 1.09. The van der Waals surface area contributed by atoms with Gasteiger partial charge in [-0.05, 0) is 43.8 Å². The highest BCUT2D eigenvalue weighted by atomic mass is 32.2. The van der Waals surface area contributed by atoms with Gasteiger partial charge in [0.15, 0.2) is 0 Å². The number of thioether (sulfide) groups is 1. The zero-order valence-corrected chi connectivity index (χ0v) is 14.9. The Bertz CT molecular complexity index is 515. The third kappa shape index (κ3) is 5.98. The second-order valence-electron chi connectivity index (χ2n) is 5.08. The van der Waals surface area contributed by atoms with E-state index in [1.807, 2.05) is 18.4 Å². The average molecular weight is 331 g/mol. The summed E-state index contributed by atoms with van der Waals surface area (Å²) in [7, 11) is -3.40. The molecular weight excluding hydrogens is 304 g/mol. The van der Waals surface area contributed by atoms with E-state index in [1.54, 1.807) is 23.9 Å². The van der Waals surface area contributed by atoms with Crippen LogP contribution in [-0.4, -0.2) is 33.0 Å². The lowest BCUT2D eigenvalue weighted by atomic mass is 10.1. The van der Waals surface area contributed by atoms with Crippen LogP contribution in [0.2, 0.25) is 0 Å². The number of rotatable bonds is 9. The van der Waals surface area contributed by atoms with Crippen LogP contribution in [0.5, 0.6) is 0 Å². The minimum atomic E-state index is -3.40. The van der Waals surface area contributed by atoms with Crippen LogP contribution in [0.1, 0.15) is 38.8 Å². The normalized spacial score (nSPS) is 14.9. The van der Waals surface area contributed by atoms with Crippen LogP contribution in [0.4, 0.5) is 0 Å². The molecule has 0 fully saturated rings. The number of nitrogens with one attached hydrogen (secondary N) is 2. The molecular formula is C15H26N2O2S2. The number of hydrogen-bond donors (Lipinski definition) is 2. The summed E-state index contributed by atoms with van der Waals surface area (Å²) >= 11 is 1.74. The minimum absolute atomic E-state index is 0.224. The highest BCUT2D eigenvalue weighted by Crippen LogP contribution is 2.16. The fraction of sp³-hybridized carbons (Fsp3) is 0.600. The molecule has 2 unspecified atom stereocenters. The van der Waals surface area contributed by atoms with Gasteiger partial charge in [-0.1, -0.05) is 26.0 Å². The van der Waals surface area contributed by atoms with E-state index in [9.17, 15) is 8.42 Å². The first kappa shape index (κ1) is 18.5. The number of hydrogen-bond acceptors (Lipinski definition) is 4. The third-order valence-electron chi connectivity index (χ3n) is 3.45. The van der Waals surface area contributed by atoms with Gasteiger partial charge in [-0.3, -0.25) is 0 Å². The topological polar surface area (TPSA) is 58.2 Å². The molecule has 4 nitrogen and oxygen atoms in total. The van der Waals surface area contributed by atoms with Crippen molar-refractivity contribution in [2.75, 3.05) is 19.3 Å². The molecule has 0 saturated carbocycles. The molecule has 1 aromatic rings. The van der Waals surface area contributed by atoms with Crippen molar-refractivity contribution in [3.8, 4) is 0 Å². The van der Waals surface area contributed by atoms with Crippen molar-refractivity contribution >= 4 is 21.8 Å². The molecule has 0 bridgehead atoms. The van der Waals surface area contributed by atoms with Gasteiger partial charge in [-0.15, -0.1) is 0 Å². The van der Waals surface area contributed by atoms with Gasteiger partial charge >= 0.3 is 0 Å². The van der Waals surface area contributed by atoms with Crippen molar-refractivity contribution in [3.63, 3.8) is 0 Å². The predicted octanol–water partition coefficient (Wildman–Crippen LogP) is 2.78. The van der Waals surface area contributed by atoms with Gasteiger partial charge in [0.1, 0.15) is 0 Å². The Morgan fingerprint density at radius 3 is 2.33 bits per heavy atom. The van der Waals surface area contributed by atoms with Gasteiger partial charge in [0, 0.05) is 17.8 Å². The summed E-state index contributed by atoms with van der Waals surface area (Å²) in [6.45, 7) is 7.57. The van der Waals surface area contributed by atoms with E-state index in [0.29, 0.717) is 16.7 Å². The zero-order valence-electron chi connectivity index (χ0n) is 13.2. The lowest BCUT2D eigenvalue weighted by molar-refractivity contribution is 0.578. The van der Waals surface area contributed by atoms with E-state index in [2.05, 4.69) is 30.8 Å². The summed E-state index contributed by atoms with van der Waals surface area (Å²) in [4.78, 5) is 0.326. The minimum Gasteiger partial charge on any atom is -0.310 e. The van der Waals surface area contributed by atoms with Gasteiger partial charge in [0.05, 0.1) is 4.90 Å². The summed E-state index contributed by atoms with van der Waals surface area (Å²) in [6, 6.07) is 7.30. The van der Waals surface area contributed by atoms with Gasteiger partial charge in [-0.25, -0.2) is 13.1 Å². The Balaban J connectivity index is 2.67. The monoisotopic (exact) mass is 330 g/mol. The highest BCUT2D eigenvalue weighted by molar-refractivity contribution is 7.99. The summed E-state index contributed by atoms with van der Waals surface area (Å²) in [6.07, 6.45) is 2.86. The molecule has 1 rings (SSSR count). The van der Waals surface area contributed by atoms with Crippen LogP contribution in [0, 0.1) is 0 Å². The van der Waals surface area contributed by atoms with Gasteiger partial charge < -0.3 is 5.32 Å². The molecule has 21 heavy (non-hydrogen) atoms. The summed E-state index contributed by atoms with van der Waals surface area (Å²) in [5.74, 6) is 0. The molecule has 1 aromatic carbocycles. The number of benzene rings is 1. The lowest BCUT2D eigenvalue weighted by Gasteiger charge is -2.14. The fourth-order valence-corrected chi connectivity index (χ4v) is 3.36. The number of sulfonamides is 1. The smallest absolute Gasteiger partial charge is 0.240 e. The van der Waals surface area contributed by atoms with E-state index in [1.165, 1.54) is 0 Å². The molecule has 0 aromatic heterocycles. The Hall–Kier alpha value is -0.560. The highest BCUT2D eigenvalue weighted by Gasteiger charge is 2.14. The van der Waals surface area contributed by atoms with Crippen molar-refractivity contribution in [1.29, 1.82) is 0 Å². The quantitative estimate of drug-likeness (QED) is 0.731. The second kappa shape index (κ2) is 8.78. The molecule has 120 valence electrons. The van der Waals surface area contributed by atoms with Crippen LogP contribution in [0.15, 0.2) is 29.2 Å². The molecule has 2 N–H and O–H groups in total. The first-order chi connectivity index (χ1) is 9.90. The van der Waals surface area contributed by atoms with Crippen molar-refractivity contribution < 1.29 is 8.42 Å². The van der Waals surface area contributed by atoms with Crippen molar-refractivity contribution in [2.45, 2.75) is 43.4 Å². The lowest BCUT2D eigenvalue weighted by Crippen LogP contribution is -2.26. The largest absolute Gasteiger partial charge is 0.310 e. The van der Waals surface area contributed by atoms with E-state index < -0.39 is 10.0 Å². The Morgan fingerprint density at radius 1 is 1.19 bits per heavy atom. The van der Waals surface area contributed by atoms with Crippen LogP contribution in [0.25, 0.3) is 0 Å². The standard InChI is InChI=1S/C15H26N2O2S2/c1-5-16-13(3)14-6-8-15(9-7-14)21(18,19)17-11-10-12(2)20-4/h6-9,12-13,16-17H,5,10-11H2,1-4H3. The van der Waals surface area contributed by atoms with Crippen LogP contribution in [0.3, 0.4) is 0 Å². The third-order valence-corrected chi connectivity index (χ3v) is 5.96. The molecule has 0 aliphatic carbocycles. The summed E-state index contributed by atoms with van der Waals surface area (Å²) in [5, 5.41) is 3.76. The van der Waals surface area contributed by atoms with E-state index in [0.717, 1.165) is 18.5 Å². The first-order valence-corrected chi connectivity index (χ1v) is 10.0. The molecule has 0 radical (unpaired) electrons. The van der Waals surface area contributed by atoms with Gasteiger partial charge in [0.2, 0.25) is 10.0 Å². The maximum absolute atomic E-state index is 12.2. The molecule has 2 atom stereocenters. The van der Waals surface area contributed by atoms with Crippen LogP contribution < -0.4 is 10.0 Å². The zero-order chi connectivity index (χ0) is 15.9. The first-order valence-electron chi connectivity index (χ1n) is 7.26. The van der Waals surface area contributed by atoms with Crippen LogP contribution >= 0.6 is 11.8 Å². The Kier molecular flexibility index (Phi) is 7.73. The fourth-order valence-electron chi connectivity index (χ4n) is 1.96. The molecule has 0 aliphatic heterocycles. The van der Waals surface area contributed by atoms with Crippen molar-refractivity contribution in [1.82, 2.24) is 10.0 Å². The SMILES string of the molecule is CCNC(C)c1ccc(S(=O)(=O)NCCC(C)SC)cc1. The van der Waals surface area contributed by atoms with Crippen molar-refractivity contribution in [2.24, 2.45) is 0 Å². The maximum atomic E-state index is 12.2. The van der Waals surface area contributed by atoms with Gasteiger partial charge in [-0.2, -0.15) is 11.8 Å². The molecule has 0 aliphatic rings. The van der Waals surface area contributed by atoms with Crippen LogP contribution in [-0.2, 0) is 10.0 Å². The average Bonchev–Trinajstić information content (AvgIpc) is 2.47. The van der Waals surface area contributed by atoms with Gasteiger partial charge in [0.25, 0.3) is 0 Å². The molecule has 0 amide bonds. The van der Waals surface area contributed by atoms with Crippen molar-refractivity contribution in [3.05, 3.63) is 29.8 Å². The maximum Gasteiger partial charge on any atom is 0.240 e.